The number of primary amides is 1. The third kappa shape index (κ3) is 5.62. The smallest absolute Gasteiger partial charge is 0.408 e. The zero-order chi connectivity index (χ0) is 25.9. The number of piperidine rings is 1. The summed E-state index contributed by atoms with van der Waals surface area (Å²) >= 11 is 0. The monoisotopic (exact) mass is 503 g/mol. The second kappa shape index (κ2) is 10.9. The maximum absolute atomic E-state index is 12.6. The Morgan fingerprint density at radius 1 is 1.14 bits per heavy atom. The van der Waals surface area contributed by atoms with Crippen molar-refractivity contribution >= 4 is 17.0 Å². The van der Waals surface area contributed by atoms with Crippen LogP contribution >= 0.6 is 0 Å². The third-order valence-corrected chi connectivity index (χ3v) is 7.67. The second-order valence-corrected chi connectivity index (χ2v) is 10.2. The molecule has 2 saturated heterocycles. The number of oxazole rings is 1. The van der Waals surface area contributed by atoms with E-state index in [1.807, 2.05) is 47.4 Å². The van der Waals surface area contributed by atoms with Crippen LogP contribution in [0, 0.1) is 17.2 Å². The normalized spacial score (nSPS) is 20.6. The fourth-order valence-corrected chi connectivity index (χ4v) is 5.35. The largest absolute Gasteiger partial charge is 0.419 e. The summed E-state index contributed by atoms with van der Waals surface area (Å²) in [6.45, 7) is 4.08. The van der Waals surface area contributed by atoms with E-state index in [2.05, 4.69) is 18.0 Å². The van der Waals surface area contributed by atoms with E-state index in [9.17, 15) is 14.9 Å². The molecule has 0 bridgehead atoms. The van der Waals surface area contributed by atoms with Crippen LogP contribution in [0.25, 0.3) is 22.2 Å². The number of aromatic nitrogens is 1. The number of morpholine rings is 1. The van der Waals surface area contributed by atoms with Gasteiger partial charge in [0, 0.05) is 26.1 Å². The summed E-state index contributed by atoms with van der Waals surface area (Å²) in [6, 6.07) is 16.0. The zero-order valence-corrected chi connectivity index (χ0v) is 21.1. The summed E-state index contributed by atoms with van der Waals surface area (Å²) in [5, 5.41) is 9.77. The first kappa shape index (κ1) is 25.2. The van der Waals surface area contributed by atoms with Gasteiger partial charge in [-0.3, -0.25) is 14.3 Å². The molecule has 0 unspecified atom stereocenters. The topological polar surface area (TPSA) is 118 Å². The van der Waals surface area contributed by atoms with Crippen molar-refractivity contribution in [3.8, 4) is 17.2 Å². The van der Waals surface area contributed by atoms with Crippen molar-refractivity contribution in [2.75, 3.05) is 39.8 Å². The Kier molecular flexibility index (Phi) is 7.42. The Balaban J connectivity index is 1.31. The average molecular weight is 504 g/mol. The van der Waals surface area contributed by atoms with Gasteiger partial charge in [-0.2, -0.15) is 5.26 Å². The van der Waals surface area contributed by atoms with Crippen LogP contribution < -0.4 is 11.5 Å². The van der Waals surface area contributed by atoms with Crippen molar-refractivity contribution in [2.45, 2.75) is 38.0 Å². The number of ether oxygens (including phenoxy) is 1. The molecule has 194 valence electrons. The molecule has 5 rings (SSSR count). The van der Waals surface area contributed by atoms with Gasteiger partial charge in [0.1, 0.15) is 12.1 Å². The Bertz CT molecular complexity index is 1350. The number of benzene rings is 2. The Labute approximate surface area is 216 Å². The van der Waals surface area contributed by atoms with Gasteiger partial charge in [0.25, 0.3) is 0 Å². The molecule has 1 aromatic heterocycles. The minimum Gasteiger partial charge on any atom is -0.408 e. The molecule has 2 aliphatic rings. The maximum Gasteiger partial charge on any atom is 0.419 e. The number of fused-ring (bicyclic) bond motifs is 1. The number of likely N-dealkylation sites (tertiary alicyclic amines) is 1. The molecule has 2 fully saturated rings. The van der Waals surface area contributed by atoms with Crippen molar-refractivity contribution in [3.05, 3.63) is 58.6 Å². The summed E-state index contributed by atoms with van der Waals surface area (Å²) in [5.74, 6) is -0.335. The summed E-state index contributed by atoms with van der Waals surface area (Å²) in [6.07, 6.45) is 2.02. The van der Waals surface area contributed by atoms with E-state index in [0.29, 0.717) is 44.2 Å². The van der Waals surface area contributed by atoms with Crippen LogP contribution in [0.3, 0.4) is 0 Å². The highest BCUT2D eigenvalue weighted by atomic mass is 16.5. The number of nitrogens with two attached hydrogens (primary N) is 1. The Hall–Kier alpha value is -3.45. The molecular formula is C28H33N5O4. The minimum atomic E-state index is -0.679. The SMILES string of the molecule is CN1CCC(Cn2c(=O)oc3ccc(-c4ccc(C[C@@H](C#N)N5CCO[C@H](C(N)=O)C5)cc4)cc32)CC1. The predicted octanol–water partition coefficient (Wildman–Crippen LogP) is 2.22. The number of carbonyl (C=O) groups is 1. The molecule has 0 saturated carbocycles. The highest BCUT2D eigenvalue weighted by Crippen LogP contribution is 2.27. The third-order valence-electron chi connectivity index (χ3n) is 7.67. The van der Waals surface area contributed by atoms with E-state index >= 15 is 0 Å². The van der Waals surface area contributed by atoms with Crippen molar-refractivity contribution in [1.29, 1.82) is 5.26 Å². The lowest BCUT2D eigenvalue weighted by Gasteiger charge is -2.34. The maximum atomic E-state index is 12.6. The van der Waals surface area contributed by atoms with Crippen LogP contribution in [0.15, 0.2) is 51.7 Å². The van der Waals surface area contributed by atoms with Crippen molar-refractivity contribution in [2.24, 2.45) is 11.7 Å². The molecule has 2 aliphatic heterocycles. The van der Waals surface area contributed by atoms with E-state index in [4.69, 9.17) is 14.9 Å². The molecular weight excluding hydrogens is 470 g/mol. The number of carbonyl (C=O) groups excluding carboxylic acids is 1. The van der Waals surface area contributed by atoms with Crippen LogP contribution in [0.5, 0.6) is 0 Å². The van der Waals surface area contributed by atoms with Crippen molar-refractivity contribution < 1.29 is 13.9 Å². The molecule has 2 atom stereocenters. The van der Waals surface area contributed by atoms with Crippen LogP contribution in [0.2, 0.25) is 0 Å². The number of hydrogen-bond donors (Lipinski definition) is 1. The number of nitrogens with zero attached hydrogens (tertiary/aromatic N) is 4. The lowest BCUT2D eigenvalue weighted by Crippen LogP contribution is -2.52. The van der Waals surface area contributed by atoms with Crippen molar-refractivity contribution in [3.63, 3.8) is 0 Å². The quantitative estimate of drug-likeness (QED) is 0.525. The molecule has 9 nitrogen and oxygen atoms in total. The fourth-order valence-electron chi connectivity index (χ4n) is 5.35. The van der Waals surface area contributed by atoms with Crippen LogP contribution in [-0.4, -0.2) is 72.3 Å². The van der Waals surface area contributed by atoms with Gasteiger partial charge < -0.3 is 19.8 Å². The number of rotatable bonds is 7. The van der Waals surface area contributed by atoms with Gasteiger partial charge >= 0.3 is 5.76 Å². The molecule has 3 aromatic rings. The van der Waals surface area contributed by atoms with E-state index in [1.54, 1.807) is 4.57 Å². The molecule has 0 radical (unpaired) electrons. The molecule has 3 heterocycles. The molecule has 37 heavy (non-hydrogen) atoms. The zero-order valence-electron chi connectivity index (χ0n) is 21.1. The van der Waals surface area contributed by atoms with Gasteiger partial charge in [-0.15, -0.1) is 0 Å². The van der Waals surface area contributed by atoms with Gasteiger partial charge in [-0.05, 0) is 67.7 Å². The van der Waals surface area contributed by atoms with E-state index in [0.717, 1.165) is 48.1 Å². The van der Waals surface area contributed by atoms with Gasteiger partial charge in [0.15, 0.2) is 5.58 Å². The number of amides is 1. The number of hydrogen-bond acceptors (Lipinski definition) is 7. The van der Waals surface area contributed by atoms with Gasteiger partial charge in [-0.1, -0.05) is 30.3 Å². The lowest BCUT2D eigenvalue weighted by atomic mass is 9.97. The van der Waals surface area contributed by atoms with E-state index < -0.39 is 12.0 Å². The highest BCUT2D eigenvalue weighted by molar-refractivity contribution is 5.81. The van der Waals surface area contributed by atoms with Crippen LogP contribution in [0.4, 0.5) is 0 Å². The average Bonchev–Trinajstić information content (AvgIpc) is 3.23. The predicted molar refractivity (Wildman–Crippen MR) is 140 cm³/mol. The Morgan fingerprint density at radius 2 is 1.86 bits per heavy atom. The molecule has 9 heteroatoms. The van der Waals surface area contributed by atoms with E-state index in [1.165, 1.54) is 0 Å². The summed E-state index contributed by atoms with van der Waals surface area (Å²) in [7, 11) is 2.13. The molecule has 2 aromatic carbocycles. The first-order chi connectivity index (χ1) is 17.9. The minimum absolute atomic E-state index is 0.300. The van der Waals surface area contributed by atoms with Gasteiger partial charge in [0.2, 0.25) is 5.91 Å². The summed E-state index contributed by atoms with van der Waals surface area (Å²) in [4.78, 5) is 28.4. The van der Waals surface area contributed by atoms with Crippen LogP contribution in [0.1, 0.15) is 18.4 Å². The van der Waals surface area contributed by atoms with Crippen LogP contribution in [-0.2, 0) is 22.5 Å². The van der Waals surface area contributed by atoms with Crippen molar-refractivity contribution in [1.82, 2.24) is 14.4 Å². The van der Waals surface area contributed by atoms with Gasteiger partial charge in [-0.25, -0.2) is 4.79 Å². The molecule has 1 amide bonds. The molecule has 0 spiro atoms. The molecule has 2 N–H and O–H groups in total. The second-order valence-electron chi connectivity index (χ2n) is 10.2. The fraction of sp³-hybridized carbons (Fsp3) is 0.464. The van der Waals surface area contributed by atoms with Gasteiger partial charge in [0.05, 0.1) is 18.2 Å². The summed E-state index contributed by atoms with van der Waals surface area (Å²) in [5.41, 5.74) is 9.89. The standard InChI is InChI=1S/C28H33N5O4/c1-31-10-8-20(9-11-31)17-33-24-15-22(6-7-25(24)37-28(33)35)21-4-2-19(3-5-21)14-23(16-29)32-12-13-36-26(18-32)27(30)34/h2-7,15,20,23,26H,8-14,17-18H2,1H3,(H2,30,34)/t23-,26-/m0/s1. The first-order valence-electron chi connectivity index (χ1n) is 12.9. The molecule has 0 aliphatic carbocycles. The summed E-state index contributed by atoms with van der Waals surface area (Å²) < 4.78 is 12.7. The highest BCUT2D eigenvalue weighted by Gasteiger charge is 2.29. The first-order valence-corrected chi connectivity index (χ1v) is 12.9. The Morgan fingerprint density at radius 3 is 2.57 bits per heavy atom. The van der Waals surface area contributed by atoms with E-state index in [-0.39, 0.29) is 11.8 Å². The number of nitriles is 1. The lowest BCUT2D eigenvalue weighted by molar-refractivity contribution is -0.135.